The van der Waals surface area contributed by atoms with Gasteiger partial charge >= 0.3 is 0 Å². The number of aromatic nitrogens is 4. The zero-order valence-corrected chi connectivity index (χ0v) is 14.7. The molecule has 0 amide bonds. The van der Waals surface area contributed by atoms with Crippen molar-refractivity contribution >= 4 is 22.6 Å². The van der Waals surface area contributed by atoms with Crippen LogP contribution in [0.4, 0.5) is 0 Å². The lowest BCUT2D eigenvalue weighted by Crippen LogP contribution is -1.99. The van der Waals surface area contributed by atoms with Gasteiger partial charge in [0.15, 0.2) is 11.0 Å². The van der Waals surface area contributed by atoms with Crippen LogP contribution >= 0.6 is 11.6 Å². The highest BCUT2D eigenvalue weighted by atomic mass is 35.5. The van der Waals surface area contributed by atoms with Crippen LogP contribution in [0.2, 0.25) is 5.15 Å². The molecule has 0 fully saturated rings. The minimum atomic E-state index is 0.105. The van der Waals surface area contributed by atoms with E-state index < -0.39 is 0 Å². The van der Waals surface area contributed by atoms with Crippen molar-refractivity contribution in [3.8, 4) is 22.9 Å². The van der Waals surface area contributed by atoms with E-state index in [1.54, 1.807) is 30.0 Å². The van der Waals surface area contributed by atoms with Crippen molar-refractivity contribution in [2.24, 2.45) is 0 Å². The van der Waals surface area contributed by atoms with E-state index in [0.29, 0.717) is 29.0 Å². The van der Waals surface area contributed by atoms with E-state index in [0.717, 1.165) is 11.3 Å². The Morgan fingerprint density at radius 1 is 1.08 bits per heavy atom. The summed E-state index contributed by atoms with van der Waals surface area (Å²) in [6.07, 6.45) is 1.82. The predicted molar refractivity (Wildman–Crippen MR) is 99.5 cm³/mol. The Labute approximate surface area is 154 Å². The van der Waals surface area contributed by atoms with Crippen molar-refractivity contribution in [1.82, 2.24) is 19.7 Å². The number of aromatic hydroxyl groups is 1. The van der Waals surface area contributed by atoms with Crippen LogP contribution in [0.3, 0.4) is 0 Å². The zero-order chi connectivity index (χ0) is 18.1. The molecule has 0 aliphatic heterocycles. The second-order valence-corrected chi connectivity index (χ2v) is 6.12. The highest BCUT2D eigenvalue weighted by molar-refractivity contribution is 6.33. The third-order valence-corrected chi connectivity index (χ3v) is 4.28. The van der Waals surface area contributed by atoms with Gasteiger partial charge in [-0.05, 0) is 29.8 Å². The van der Waals surface area contributed by atoms with Crippen LogP contribution in [-0.2, 0) is 6.54 Å². The summed E-state index contributed by atoms with van der Waals surface area (Å²) in [5, 5.41) is 14.7. The van der Waals surface area contributed by atoms with Gasteiger partial charge in [-0.25, -0.2) is 9.97 Å². The molecule has 0 spiro atoms. The molecule has 0 bridgehead atoms. The summed E-state index contributed by atoms with van der Waals surface area (Å²) in [7, 11) is 1.64. The maximum absolute atomic E-state index is 10.0. The number of benzene rings is 2. The Hall–Kier alpha value is -3.12. The number of phenols is 1. The molecule has 7 heteroatoms. The lowest BCUT2D eigenvalue weighted by molar-refractivity contribution is 0.414. The standard InChI is InChI=1S/C19H15ClN4O2/c1-26-13-8-6-12(7-9-13)10-24-11-15-17(23-24)18(20)22-19(21-15)14-4-2-3-5-16(14)25/h2-9,11,25H,10H2,1H3. The number of phenolic OH excluding ortho intramolecular Hbond substituents is 1. The fraction of sp³-hybridized carbons (Fsp3) is 0.105. The number of para-hydroxylation sites is 1. The van der Waals surface area contributed by atoms with Crippen LogP contribution in [-0.4, -0.2) is 32.0 Å². The minimum Gasteiger partial charge on any atom is -0.507 e. The van der Waals surface area contributed by atoms with Gasteiger partial charge in [0, 0.05) is 0 Å². The Morgan fingerprint density at radius 2 is 1.85 bits per heavy atom. The number of fused-ring (bicyclic) bond motifs is 1. The Balaban J connectivity index is 1.70. The maximum atomic E-state index is 10.0. The van der Waals surface area contributed by atoms with Gasteiger partial charge in [-0.2, -0.15) is 5.10 Å². The molecule has 2 heterocycles. The molecule has 0 radical (unpaired) electrons. The number of halogens is 1. The number of hydrogen-bond donors (Lipinski definition) is 1. The largest absolute Gasteiger partial charge is 0.507 e. The molecule has 0 aliphatic carbocycles. The van der Waals surface area contributed by atoms with Gasteiger partial charge in [-0.3, -0.25) is 4.68 Å². The highest BCUT2D eigenvalue weighted by Gasteiger charge is 2.14. The Morgan fingerprint density at radius 3 is 2.58 bits per heavy atom. The molecule has 0 unspecified atom stereocenters. The summed E-state index contributed by atoms with van der Waals surface area (Å²) in [6.45, 7) is 0.572. The number of nitrogens with zero attached hydrogens (tertiary/aromatic N) is 4. The minimum absolute atomic E-state index is 0.105. The van der Waals surface area contributed by atoms with E-state index in [-0.39, 0.29) is 10.9 Å². The molecule has 1 N–H and O–H groups in total. The fourth-order valence-electron chi connectivity index (χ4n) is 2.71. The van der Waals surface area contributed by atoms with Crippen molar-refractivity contribution in [2.45, 2.75) is 6.54 Å². The lowest BCUT2D eigenvalue weighted by Gasteiger charge is -2.03. The average molecular weight is 367 g/mol. The van der Waals surface area contributed by atoms with Gasteiger partial charge in [0.2, 0.25) is 0 Å². The summed E-state index contributed by atoms with van der Waals surface area (Å²) >= 11 is 6.30. The predicted octanol–water partition coefficient (Wildman–Crippen LogP) is 3.91. The molecule has 4 rings (SSSR count). The van der Waals surface area contributed by atoms with Gasteiger partial charge in [-0.15, -0.1) is 0 Å². The number of ether oxygens (including phenoxy) is 1. The molecule has 2 aromatic heterocycles. The van der Waals surface area contributed by atoms with E-state index in [4.69, 9.17) is 16.3 Å². The second-order valence-electron chi connectivity index (χ2n) is 5.76. The van der Waals surface area contributed by atoms with Gasteiger partial charge < -0.3 is 9.84 Å². The van der Waals surface area contributed by atoms with Crippen LogP contribution in [0.1, 0.15) is 5.56 Å². The first-order chi connectivity index (χ1) is 12.6. The second kappa shape index (κ2) is 6.65. The summed E-state index contributed by atoms with van der Waals surface area (Å²) in [5.74, 6) is 1.28. The van der Waals surface area contributed by atoms with Crippen molar-refractivity contribution < 1.29 is 9.84 Å². The topological polar surface area (TPSA) is 73.1 Å². The van der Waals surface area contributed by atoms with Crippen LogP contribution in [0.25, 0.3) is 22.4 Å². The smallest absolute Gasteiger partial charge is 0.165 e. The Kier molecular flexibility index (Phi) is 4.18. The van der Waals surface area contributed by atoms with E-state index in [9.17, 15) is 5.11 Å². The molecule has 0 saturated heterocycles. The quantitative estimate of drug-likeness (QED) is 0.554. The molecule has 0 saturated carbocycles. The van der Waals surface area contributed by atoms with E-state index >= 15 is 0 Å². The monoisotopic (exact) mass is 366 g/mol. The van der Waals surface area contributed by atoms with Crippen molar-refractivity contribution in [3.05, 3.63) is 65.4 Å². The zero-order valence-electron chi connectivity index (χ0n) is 13.9. The number of hydrogen-bond acceptors (Lipinski definition) is 5. The van der Waals surface area contributed by atoms with Crippen LogP contribution in [0.5, 0.6) is 11.5 Å². The summed E-state index contributed by atoms with van der Waals surface area (Å²) in [4.78, 5) is 8.78. The third kappa shape index (κ3) is 3.07. The molecule has 6 nitrogen and oxygen atoms in total. The fourth-order valence-corrected chi connectivity index (χ4v) is 2.92. The number of rotatable bonds is 4. The molecule has 0 aliphatic rings. The van der Waals surface area contributed by atoms with Crippen LogP contribution < -0.4 is 4.74 Å². The maximum Gasteiger partial charge on any atom is 0.165 e. The Bertz CT molecular complexity index is 1080. The molecular formula is C19H15ClN4O2. The summed E-state index contributed by atoms with van der Waals surface area (Å²) < 4.78 is 6.93. The first-order valence-corrected chi connectivity index (χ1v) is 8.34. The summed E-state index contributed by atoms with van der Waals surface area (Å²) in [6, 6.07) is 14.6. The normalized spacial score (nSPS) is 11.0. The molecule has 2 aromatic carbocycles. The van der Waals surface area contributed by atoms with E-state index in [2.05, 4.69) is 15.1 Å². The van der Waals surface area contributed by atoms with E-state index in [1.165, 1.54) is 0 Å². The molecule has 130 valence electrons. The van der Waals surface area contributed by atoms with Gasteiger partial charge in [0.05, 0.1) is 25.4 Å². The first-order valence-electron chi connectivity index (χ1n) is 7.96. The van der Waals surface area contributed by atoms with Gasteiger partial charge in [-0.1, -0.05) is 35.9 Å². The van der Waals surface area contributed by atoms with Crippen molar-refractivity contribution in [3.63, 3.8) is 0 Å². The van der Waals surface area contributed by atoms with Crippen LogP contribution in [0.15, 0.2) is 54.7 Å². The van der Waals surface area contributed by atoms with Crippen molar-refractivity contribution in [2.75, 3.05) is 7.11 Å². The molecule has 4 aromatic rings. The average Bonchev–Trinajstić information content (AvgIpc) is 3.06. The molecule has 0 atom stereocenters. The SMILES string of the molecule is COc1ccc(Cn2cc3nc(-c4ccccc4O)nc(Cl)c3n2)cc1. The van der Waals surface area contributed by atoms with Gasteiger partial charge in [0.1, 0.15) is 22.5 Å². The van der Waals surface area contributed by atoms with E-state index in [1.807, 2.05) is 36.5 Å². The first kappa shape index (κ1) is 16.4. The summed E-state index contributed by atoms with van der Waals surface area (Å²) in [5.41, 5.74) is 2.75. The lowest BCUT2D eigenvalue weighted by atomic mass is 10.2. The third-order valence-electron chi connectivity index (χ3n) is 4.02. The van der Waals surface area contributed by atoms with Crippen LogP contribution in [0, 0.1) is 0 Å². The highest BCUT2D eigenvalue weighted by Crippen LogP contribution is 2.29. The molecular weight excluding hydrogens is 352 g/mol. The van der Waals surface area contributed by atoms with Crippen molar-refractivity contribution in [1.29, 1.82) is 0 Å². The number of methoxy groups -OCH3 is 1. The van der Waals surface area contributed by atoms with Gasteiger partial charge in [0.25, 0.3) is 0 Å². The molecule has 26 heavy (non-hydrogen) atoms.